The van der Waals surface area contributed by atoms with E-state index in [-0.39, 0.29) is 11.6 Å². The van der Waals surface area contributed by atoms with Crippen LogP contribution < -0.4 is 10.1 Å². The summed E-state index contributed by atoms with van der Waals surface area (Å²) in [4.78, 5) is 0. The van der Waals surface area contributed by atoms with Crippen LogP contribution in [0.5, 0.6) is 5.75 Å². The molecule has 20 heavy (non-hydrogen) atoms. The second-order valence-electron chi connectivity index (χ2n) is 5.75. The van der Waals surface area contributed by atoms with Crippen molar-refractivity contribution in [3.63, 3.8) is 0 Å². The second kappa shape index (κ2) is 7.09. The largest absolute Gasteiger partial charge is 0.496 e. The molecule has 2 atom stereocenters. The smallest absolute Gasteiger partial charge is 0.123 e. The Labute approximate surface area is 122 Å². The molecule has 1 fully saturated rings. The molecular weight excluding hydrogens is 250 g/mol. The van der Waals surface area contributed by atoms with Crippen LogP contribution in [0.2, 0.25) is 0 Å². The highest BCUT2D eigenvalue weighted by atomic mass is 16.5. The van der Waals surface area contributed by atoms with Crippen LogP contribution in [0, 0.1) is 0 Å². The van der Waals surface area contributed by atoms with E-state index in [2.05, 4.69) is 31.3 Å². The molecule has 0 radical (unpaired) electrons. The van der Waals surface area contributed by atoms with E-state index >= 15 is 0 Å². The van der Waals surface area contributed by atoms with Gasteiger partial charge in [0.2, 0.25) is 0 Å². The highest BCUT2D eigenvalue weighted by Crippen LogP contribution is 2.39. The molecule has 1 aliphatic rings. The zero-order valence-electron chi connectivity index (χ0n) is 12.9. The first kappa shape index (κ1) is 15.3. The van der Waals surface area contributed by atoms with Crippen molar-refractivity contribution < 1.29 is 9.47 Å². The van der Waals surface area contributed by atoms with Gasteiger partial charge in [-0.25, -0.2) is 0 Å². The molecule has 0 aromatic heterocycles. The maximum absolute atomic E-state index is 6.16. The van der Waals surface area contributed by atoms with Crippen molar-refractivity contribution in [3.8, 4) is 5.75 Å². The summed E-state index contributed by atoms with van der Waals surface area (Å²) in [6.07, 6.45) is 4.60. The number of ether oxygens (including phenoxy) is 2. The van der Waals surface area contributed by atoms with Crippen molar-refractivity contribution in [2.75, 3.05) is 20.3 Å². The van der Waals surface area contributed by atoms with Crippen LogP contribution in [-0.2, 0) is 4.74 Å². The molecule has 2 unspecified atom stereocenters. The Morgan fingerprint density at radius 1 is 1.35 bits per heavy atom. The van der Waals surface area contributed by atoms with E-state index in [1.54, 1.807) is 7.11 Å². The van der Waals surface area contributed by atoms with Crippen LogP contribution in [0.3, 0.4) is 0 Å². The number of hydrogen-bond donors (Lipinski definition) is 1. The fraction of sp³-hybridized carbons (Fsp3) is 0.647. The summed E-state index contributed by atoms with van der Waals surface area (Å²) in [5.41, 5.74) is 1.05. The molecule has 0 aliphatic carbocycles. The minimum Gasteiger partial charge on any atom is -0.496 e. The van der Waals surface area contributed by atoms with Crippen molar-refractivity contribution in [1.29, 1.82) is 0 Å². The number of benzene rings is 1. The fourth-order valence-corrected chi connectivity index (χ4v) is 3.03. The molecule has 1 N–H and O–H groups in total. The first-order valence-corrected chi connectivity index (χ1v) is 7.71. The van der Waals surface area contributed by atoms with E-state index in [1.807, 2.05) is 12.1 Å². The van der Waals surface area contributed by atoms with Gasteiger partial charge in [-0.1, -0.05) is 25.1 Å². The van der Waals surface area contributed by atoms with E-state index in [9.17, 15) is 0 Å². The van der Waals surface area contributed by atoms with Crippen molar-refractivity contribution in [2.24, 2.45) is 0 Å². The van der Waals surface area contributed by atoms with Crippen LogP contribution in [0.25, 0.3) is 0 Å². The van der Waals surface area contributed by atoms with Crippen LogP contribution in [0.15, 0.2) is 24.3 Å². The zero-order chi connectivity index (χ0) is 14.4. The van der Waals surface area contributed by atoms with Gasteiger partial charge in [0.1, 0.15) is 5.75 Å². The highest BCUT2D eigenvalue weighted by molar-refractivity contribution is 5.37. The molecule has 1 heterocycles. The Morgan fingerprint density at radius 2 is 2.15 bits per heavy atom. The van der Waals surface area contributed by atoms with E-state index in [0.29, 0.717) is 0 Å². The molecule has 0 saturated carbocycles. The van der Waals surface area contributed by atoms with E-state index < -0.39 is 0 Å². The van der Waals surface area contributed by atoms with Crippen LogP contribution in [0.1, 0.15) is 51.1 Å². The standard InChI is InChI=1S/C17H27NO2/c1-4-12-18-16(17(2)11-7-8-13-20-17)14-9-5-6-10-15(14)19-3/h5-6,9-10,16,18H,4,7-8,11-13H2,1-3H3. The van der Waals surface area contributed by atoms with Gasteiger partial charge in [0.15, 0.2) is 0 Å². The molecule has 1 saturated heterocycles. The van der Waals surface area contributed by atoms with Crippen LogP contribution in [-0.4, -0.2) is 25.9 Å². The second-order valence-corrected chi connectivity index (χ2v) is 5.75. The van der Waals surface area contributed by atoms with Gasteiger partial charge in [0.25, 0.3) is 0 Å². The molecule has 3 heteroatoms. The van der Waals surface area contributed by atoms with Crippen LogP contribution in [0.4, 0.5) is 0 Å². The highest BCUT2D eigenvalue weighted by Gasteiger charge is 2.38. The molecule has 1 aromatic carbocycles. The van der Waals surface area contributed by atoms with Gasteiger partial charge in [-0.3, -0.25) is 0 Å². The molecule has 1 aliphatic heterocycles. The van der Waals surface area contributed by atoms with Gasteiger partial charge >= 0.3 is 0 Å². The van der Waals surface area contributed by atoms with E-state index in [4.69, 9.17) is 9.47 Å². The normalized spacial score (nSPS) is 24.4. The van der Waals surface area contributed by atoms with Crippen molar-refractivity contribution in [1.82, 2.24) is 5.32 Å². The topological polar surface area (TPSA) is 30.5 Å². The predicted octanol–water partition coefficient (Wildman–Crippen LogP) is 3.70. The number of para-hydroxylation sites is 1. The maximum Gasteiger partial charge on any atom is 0.123 e. The molecule has 2 rings (SSSR count). The lowest BCUT2D eigenvalue weighted by molar-refractivity contribution is -0.0900. The summed E-state index contributed by atoms with van der Waals surface area (Å²) in [5, 5.41) is 3.67. The Bertz CT molecular complexity index is 413. The number of rotatable bonds is 6. The van der Waals surface area contributed by atoms with E-state index in [1.165, 1.54) is 18.4 Å². The first-order chi connectivity index (χ1) is 9.71. The lowest BCUT2D eigenvalue weighted by Crippen LogP contribution is -2.46. The molecule has 112 valence electrons. The molecule has 0 bridgehead atoms. The first-order valence-electron chi connectivity index (χ1n) is 7.71. The quantitative estimate of drug-likeness (QED) is 0.860. The monoisotopic (exact) mass is 277 g/mol. The zero-order valence-corrected chi connectivity index (χ0v) is 12.9. The Morgan fingerprint density at radius 3 is 2.80 bits per heavy atom. The third kappa shape index (κ3) is 3.33. The molecule has 0 spiro atoms. The molecule has 0 amide bonds. The molecule has 1 aromatic rings. The van der Waals surface area contributed by atoms with Gasteiger partial charge in [-0.05, 0) is 45.2 Å². The summed E-state index contributed by atoms with van der Waals surface area (Å²) in [6.45, 7) is 6.26. The number of hydrogen-bond acceptors (Lipinski definition) is 3. The fourth-order valence-electron chi connectivity index (χ4n) is 3.03. The average molecular weight is 277 g/mol. The maximum atomic E-state index is 6.16. The predicted molar refractivity (Wildman–Crippen MR) is 82.2 cm³/mol. The van der Waals surface area contributed by atoms with Crippen molar-refractivity contribution in [3.05, 3.63) is 29.8 Å². The van der Waals surface area contributed by atoms with Gasteiger partial charge in [0.05, 0.1) is 18.8 Å². The van der Waals surface area contributed by atoms with Gasteiger partial charge < -0.3 is 14.8 Å². The van der Waals surface area contributed by atoms with Crippen molar-refractivity contribution in [2.45, 2.75) is 51.2 Å². The lowest BCUT2D eigenvalue weighted by Gasteiger charge is -2.41. The Kier molecular flexibility index (Phi) is 5.44. The third-order valence-corrected chi connectivity index (χ3v) is 4.16. The summed E-state index contributed by atoms with van der Waals surface area (Å²) in [6, 6.07) is 8.45. The SMILES string of the molecule is CCCNC(c1ccccc1OC)C1(C)CCCCO1. The summed E-state index contributed by atoms with van der Waals surface area (Å²) >= 11 is 0. The number of nitrogens with one attached hydrogen (secondary N) is 1. The van der Waals surface area contributed by atoms with E-state index in [0.717, 1.165) is 31.7 Å². The van der Waals surface area contributed by atoms with Gasteiger partial charge in [0, 0.05) is 12.2 Å². The average Bonchev–Trinajstić information content (AvgIpc) is 2.48. The molecular formula is C17H27NO2. The van der Waals surface area contributed by atoms with Crippen LogP contribution >= 0.6 is 0 Å². The molecule has 3 nitrogen and oxygen atoms in total. The van der Waals surface area contributed by atoms with Gasteiger partial charge in [-0.15, -0.1) is 0 Å². The third-order valence-electron chi connectivity index (χ3n) is 4.16. The minimum atomic E-state index is -0.151. The van der Waals surface area contributed by atoms with Gasteiger partial charge in [-0.2, -0.15) is 0 Å². The lowest BCUT2D eigenvalue weighted by atomic mass is 9.83. The summed E-state index contributed by atoms with van der Waals surface area (Å²) < 4.78 is 11.7. The van der Waals surface area contributed by atoms with Crippen molar-refractivity contribution >= 4 is 0 Å². The minimum absolute atomic E-state index is 0.151. The summed E-state index contributed by atoms with van der Waals surface area (Å²) in [5.74, 6) is 0.941. The Balaban J connectivity index is 2.30. The summed E-state index contributed by atoms with van der Waals surface area (Å²) in [7, 11) is 1.74. The Hall–Kier alpha value is -1.06. The number of methoxy groups -OCH3 is 1.